The van der Waals surface area contributed by atoms with E-state index in [2.05, 4.69) is 19.5 Å². The number of ether oxygens (including phenoxy) is 1. The molecule has 0 spiro atoms. The number of rotatable bonds is 4. The predicted molar refractivity (Wildman–Crippen MR) is 73.7 cm³/mol. The van der Waals surface area contributed by atoms with Gasteiger partial charge in [-0.15, -0.1) is 0 Å². The Hall–Kier alpha value is -1.66. The number of nitrogen functional groups attached to an aromatic ring is 1. The summed E-state index contributed by atoms with van der Waals surface area (Å²) in [6, 6.07) is 0. The molecule has 1 unspecified atom stereocenters. The number of fused-ring (bicyclic) bond motifs is 1. The largest absolute Gasteiger partial charge is 0.469 e. The Bertz CT molecular complexity index is 846. The van der Waals surface area contributed by atoms with Crippen molar-refractivity contribution in [2.75, 3.05) is 12.3 Å². The Morgan fingerprint density at radius 2 is 2.17 bits per heavy atom. The summed E-state index contributed by atoms with van der Waals surface area (Å²) in [6.45, 7) is -1.99. The number of aliphatic hydroxyl groups is 2. The molecule has 0 radical (unpaired) electrons. The Kier molecular flexibility index (Phi) is 3.44. The van der Waals surface area contributed by atoms with E-state index in [0.717, 1.165) is 10.9 Å². The lowest BCUT2D eigenvalue weighted by Crippen LogP contribution is -2.33. The van der Waals surface area contributed by atoms with Crippen molar-refractivity contribution in [1.29, 1.82) is 0 Å². The average molecular weight is 351 g/mol. The van der Waals surface area contributed by atoms with Crippen molar-refractivity contribution >= 4 is 24.8 Å². The fourth-order valence-electron chi connectivity index (χ4n) is 2.15. The van der Waals surface area contributed by atoms with Gasteiger partial charge >= 0.3 is 7.82 Å². The SMILES string of the molecule is [3H]c1nc2c(N)ncnc2n1[C@@H]1O[C@H](C([3H])OP(=O)(O)O)[C@@H](O)[C@H]1O. The van der Waals surface area contributed by atoms with Gasteiger partial charge in [0.15, 0.2) is 17.7 Å². The highest BCUT2D eigenvalue weighted by molar-refractivity contribution is 7.46. The summed E-state index contributed by atoms with van der Waals surface area (Å²) in [5, 5.41) is 20.2. The molecule has 6 N–H and O–H groups in total. The molecule has 0 saturated carbocycles. The fraction of sp³-hybridized carbons (Fsp3) is 0.500. The number of nitrogens with two attached hydrogens (primary N) is 1. The predicted octanol–water partition coefficient (Wildman–Crippen LogP) is -1.86. The highest BCUT2D eigenvalue weighted by Gasteiger charge is 2.45. The summed E-state index contributed by atoms with van der Waals surface area (Å²) < 4.78 is 36.8. The molecule has 5 atom stereocenters. The number of anilines is 1. The first-order chi connectivity index (χ1) is 11.6. The van der Waals surface area contributed by atoms with Gasteiger partial charge < -0.3 is 30.5 Å². The maximum absolute atomic E-state index is 10.8. The first-order valence-corrected chi connectivity index (χ1v) is 7.76. The minimum Gasteiger partial charge on any atom is -0.387 e. The van der Waals surface area contributed by atoms with Crippen LogP contribution in [0.2, 0.25) is 0 Å². The standard InChI is InChI=1S/C10H14N5O7P/c11-8-5-9(13-2-12-8)15(3-14-5)10-7(17)6(16)4(22-10)1-21-23(18,19)20/h2-4,6-7,10,16-17H,1H2,(H2,11,12,13)(H2,18,19,20)/t4-,6-,7-,10-/m1/s1/i1T,3T/t1?,4-,6-,7-,10-. The minimum absolute atomic E-state index is 0.00923. The van der Waals surface area contributed by atoms with Crippen LogP contribution >= 0.6 is 7.82 Å². The molecule has 1 fully saturated rings. The molecule has 12 nitrogen and oxygen atoms in total. The number of aliphatic hydroxyl groups excluding tert-OH is 2. The molecule has 126 valence electrons. The topological polar surface area (TPSA) is 186 Å². The molecule has 2 aromatic rings. The Morgan fingerprint density at radius 1 is 1.43 bits per heavy atom. The van der Waals surface area contributed by atoms with Gasteiger partial charge in [-0.05, 0) is 0 Å². The number of aromatic nitrogens is 4. The van der Waals surface area contributed by atoms with Gasteiger partial charge in [-0.3, -0.25) is 9.09 Å². The van der Waals surface area contributed by atoms with Crippen LogP contribution in [0.25, 0.3) is 11.2 Å². The third kappa shape index (κ3) is 3.05. The molecule has 1 aliphatic rings. The van der Waals surface area contributed by atoms with Gasteiger partial charge in [-0.1, -0.05) is 0 Å². The third-order valence-electron chi connectivity index (χ3n) is 3.19. The van der Waals surface area contributed by atoms with Crippen LogP contribution in [0.5, 0.6) is 0 Å². The Labute approximate surface area is 131 Å². The quantitative estimate of drug-likeness (QED) is 0.389. The van der Waals surface area contributed by atoms with E-state index in [0.29, 0.717) is 0 Å². The van der Waals surface area contributed by atoms with E-state index in [4.69, 9.17) is 23.0 Å². The van der Waals surface area contributed by atoms with Gasteiger partial charge in [-0.25, -0.2) is 19.5 Å². The highest BCUT2D eigenvalue weighted by Crippen LogP contribution is 2.38. The van der Waals surface area contributed by atoms with E-state index in [1.165, 1.54) is 0 Å². The zero-order valence-corrected chi connectivity index (χ0v) is 12.2. The number of imidazole rings is 1. The molecule has 13 heteroatoms. The lowest BCUT2D eigenvalue weighted by molar-refractivity contribution is -0.0504. The molecule has 1 saturated heterocycles. The Balaban J connectivity index is 1.96. The van der Waals surface area contributed by atoms with Crippen molar-refractivity contribution in [1.82, 2.24) is 19.5 Å². The van der Waals surface area contributed by atoms with Crippen LogP contribution in [0, 0.1) is 0 Å². The summed E-state index contributed by atoms with van der Waals surface area (Å²) in [4.78, 5) is 29.0. The zero-order chi connectivity index (χ0) is 18.5. The summed E-state index contributed by atoms with van der Waals surface area (Å²) in [5.74, 6) is -0.00923. The fourth-order valence-corrected chi connectivity index (χ4v) is 2.42. The highest BCUT2D eigenvalue weighted by atomic mass is 31.2. The van der Waals surface area contributed by atoms with Gasteiger partial charge in [0.2, 0.25) is 0 Å². The third-order valence-corrected chi connectivity index (χ3v) is 3.59. The lowest BCUT2D eigenvalue weighted by atomic mass is 10.1. The number of hydrogen-bond acceptors (Lipinski definition) is 9. The van der Waals surface area contributed by atoms with Crippen LogP contribution in [-0.2, 0) is 13.8 Å². The first kappa shape index (κ1) is 13.7. The van der Waals surface area contributed by atoms with Crippen molar-refractivity contribution in [3.63, 3.8) is 0 Å². The minimum atomic E-state index is -5.01. The van der Waals surface area contributed by atoms with E-state index in [1.807, 2.05) is 0 Å². The molecule has 0 aromatic carbocycles. The second-order valence-electron chi connectivity index (χ2n) is 4.72. The van der Waals surface area contributed by atoms with Crippen LogP contribution in [0.4, 0.5) is 5.82 Å². The van der Waals surface area contributed by atoms with E-state index in [1.54, 1.807) is 0 Å². The van der Waals surface area contributed by atoms with Gasteiger partial charge in [-0.2, -0.15) is 0 Å². The zero-order valence-electron chi connectivity index (χ0n) is 13.3. The summed E-state index contributed by atoms with van der Waals surface area (Å²) in [7, 11) is -5.01. The van der Waals surface area contributed by atoms with Crippen molar-refractivity contribution in [3.8, 4) is 0 Å². The molecule has 2 aromatic heterocycles. The number of phosphoric ester groups is 1. The van der Waals surface area contributed by atoms with Crippen molar-refractivity contribution < 1.29 is 36.6 Å². The first-order valence-electron chi connectivity index (χ1n) is 7.30. The molecule has 0 aliphatic carbocycles. The van der Waals surface area contributed by atoms with Crippen LogP contribution in [0.1, 0.15) is 8.97 Å². The number of phosphoric acid groups is 1. The van der Waals surface area contributed by atoms with E-state index in [9.17, 15) is 14.8 Å². The normalized spacial score (nSPS) is 31.1. The maximum atomic E-state index is 10.8. The summed E-state index contributed by atoms with van der Waals surface area (Å²) in [6.07, 6.45) is -5.65. The molecule has 0 bridgehead atoms. The molecule has 3 rings (SSSR count). The van der Waals surface area contributed by atoms with Crippen LogP contribution in [0.3, 0.4) is 0 Å². The number of hydrogen-bond donors (Lipinski definition) is 5. The molecule has 1 aliphatic heterocycles. The van der Waals surface area contributed by atoms with Gasteiger partial charge in [0.1, 0.15) is 31.5 Å². The van der Waals surface area contributed by atoms with Crippen molar-refractivity contribution in [3.05, 3.63) is 12.6 Å². The maximum Gasteiger partial charge on any atom is 0.469 e. The summed E-state index contributed by atoms with van der Waals surface area (Å²) in [5.41, 5.74) is 5.77. The molecule has 3 heterocycles. The van der Waals surface area contributed by atoms with Crippen LogP contribution in [0.15, 0.2) is 12.6 Å². The van der Waals surface area contributed by atoms with Crippen molar-refractivity contribution in [2.45, 2.75) is 24.5 Å². The van der Waals surface area contributed by atoms with Crippen LogP contribution < -0.4 is 5.73 Å². The molecule has 23 heavy (non-hydrogen) atoms. The monoisotopic (exact) mass is 351 g/mol. The van der Waals surface area contributed by atoms with Gasteiger partial charge in [0, 0.05) is 0 Å². The van der Waals surface area contributed by atoms with E-state index in [-0.39, 0.29) is 17.0 Å². The van der Waals surface area contributed by atoms with Gasteiger partial charge in [0.05, 0.1) is 14.3 Å². The molecular weight excluding hydrogens is 333 g/mol. The second kappa shape index (κ2) is 5.76. The number of nitrogens with zero attached hydrogens (tertiary/aromatic N) is 4. The summed E-state index contributed by atoms with van der Waals surface area (Å²) >= 11 is 0. The van der Waals surface area contributed by atoms with E-state index >= 15 is 0 Å². The average Bonchev–Trinajstić information content (AvgIpc) is 2.97. The smallest absolute Gasteiger partial charge is 0.387 e. The van der Waals surface area contributed by atoms with Crippen molar-refractivity contribution in [2.24, 2.45) is 0 Å². The van der Waals surface area contributed by atoms with E-state index < -0.39 is 45.2 Å². The molecule has 0 amide bonds. The Morgan fingerprint density at radius 3 is 2.87 bits per heavy atom. The van der Waals surface area contributed by atoms with Gasteiger partial charge in [0.25, 0.3) is 0 Å². The second-order valence-corrected chi connectivity index (χ2v) is 5.91. The van der Waals surface area contributed by atoms with Crippen LogP contribution in [-0.4, -0.2) is 64.4 Å². The lowest BCUT2D eigenvalue weighted by Gasteiger charge is -2.16. The molecular formula is C10H14N5O7P.